The Hall–Kier alpha value is -1.95. The molecule has 0 aliphatic carbocycles. The van der Waals surface area contributed by atoms with E-state index in [9.17, 15) is 9.59 Å². The van der Waals surface area contributed by atoms with Gasteiger partial charge in [-0.1, -0.05) is 0 Å². The van der Waals surface area contributed by atoms with Crippen molar-refractivity contribution in [1.82, 2.24) is 10.3 Å². The summed E-state index contributed by atoms with van der Waals surface area (Å²) in [5.74, 6) is -1.47. The van der Waals surface area contributed by atoms with Crippen molar-refractivity contribution in [3.63, 3.8) is 0 Å². The molecule has 0 spiro atoms. The van der Waals surface area contributed by atoms with Crippen molar-refractivity contribution < 1.29 is 14.7 Å². The van der Waals surface area contributed by atoms with Crippen LogP contribution in [0.4, 0.5) is 5.69 Å². The Labute approximate surface area is 92.7 Å². The summed E-state index contributed by atoms with van der Waals surface area (Å²) in [4.78, 5) is 26.3. The highest BCUT2D eigenvalue weighted by Crippen LogP contribution is 2.01. The van der Waals surface area contributed by atoms with Crippen LogP contribution in [0.5, 0.6) is 0 Å². The molecule has 0 aliphatic heterocycles. The predicted octanol–water partition coefficient (Wildman–Crippen LogP) is -0.481. The lowest BCUT2D eigenvalue weighted by molar-refractivity contribution is -0.136. The molecule has 0 atom stereocenters. The average molecular weight is 223 g/mol. The Balaban J connectivity index is 2.38. The maximum Gasteiger partial charge on any atom is 0.313 e. The van der Waals surface area contributed by atoms with Crippen LogP contribution in [0.2, 0.25) is 0 Å². The number of aliphatic hydroxyl groups excluding tert-OH is 1. The molecular weight excluding hydrogens is 210 g/mol. The summed E-state index contributed by atoms with van der Waals surface area (Å²) in [6.45, 7) is 0.250. The third kappa shape index (κ3) is 4.05. The summed E-state index contributed by atoms with van der Waals surface area (Å²) in [5.41, 5.74) is 0.463. The van der Waals surface area contributed by atoms with E-state index in [1.54, 1.807) is 18.3 Å². The van der Waals surface area contributed by atoms with Crippen molar-refractivity contribution in [2.24, 2.45) is 0 Å². The first-order valence-corrected chi connectivity index (χ1v) is 4.84. The number of aliphatic hydroxyl groups is 1. The number of aromatic nitrogens is 1. The quantitative estimate of drug-likeness (QED) is 0.475. The van der Waals surface area contributed by atoms with Gasteiger partial charge in [0.25, 0.3) is 0 Å². The third-order valence-corrected chi connectivity index (χ3v) is 1.75. The highest BCUT2D eigenvalue weighted by Gasteiger charge is 2.12. The number of nitrogens with one attached hydrogen (secondary N) is 2. The minimum Gasteiger partial charge on any atom is -0.396 e. The van der Waals surface area contributed by atoms with Crippen LogP contribution in [0.1, 0.15) is 6.42 Å². The molecule has 16 heavy (non-hydrogen) atoms. The molecule has 1 rings (SSSR count). The molecule has 0 unspecified atom stereocenters. The molecular formula is C10H13N3O3. The summed E-state index contributed by atoms with van der Waals surface area (Å²) in [6, 6.07) is 3.28. The van der Waals surface area contributed by atoms with Crippen LogP contribution in [0, 0.1) is 0 Å². The van der Waals surface area contributed by atoms with Gasteiger partial charge >= 0.3 is 11.8 Å². The van der Waals surface area contributed by atoms with E-state index >= 15 is 0 Å². The second-order valence-corrected chi connectivity index (χ2v) is 3.03. The summed E-state index contributed by atoms with van der Waals surface area (Å²) in [7, 11) is 0. The van der Waals surface area contributed by atoms with Crippen molar-refractivity contribution in [2.45, 2.75) is 6.42 Å². The molecule has 6 nitrogen and oxygen atoms in total. The highest BCUT2D eigenvalue weighted by atomic mass is 16.3. The van der Waals surface area contributed by atoms with E-state index in [-0.39, 0.29) is 13.2 Å². The zero-order chi connectivity index (χ0) is 11.8. The topological polar surface area (TPSA) is 91.3 Å². The van der Waals surface area contributed by atoms with Gasteiger partial charge in [-0.2, -0.15) is 0 Å². The molecule has 1 heterocycles. The van der Waals surface area contributed by atoms with Crippen LogP contribution < -0.4 is 10.6 Å². The largest absolute Gasteiger partial charge is 0.396 e. The normalized spacial score (nSPS) is 9.56. The molecule has 1 aromatic rings. The zero-order valence-electron chi connectivity index (χ0n) is 8.64. The average Bonchev–Trinajstić information content (AvgIpc) is 2.30. The summed E-state index contributed by atoms with van der Waals surface area (Å²) < 4.78 is 0. The van der Waals surface area contributed by atoms with E-state index in [0.717, 1.165) is 0 Å². The van der Waals surface area contributed by atoms with E-state index in [2.05, 4.69) is 15.6 Å². The van der Waals surface area contributed by atoms with Crippen molar-refractivity contribution in [2.75, 3.05) is 18.5 Å². The first-order valence-electron chi connectivity index (χ1n) is 4.84. The molecule has 0 aromatic carbocycles. The Morgan fingerprint density at radius 2 is 2.19 bits per heavy atom. The molecule has 0 aliphatic rings. The molecule has 0 fully saturated rings. The van der Waals surface area contributed by atoms with E-state index in [1.807, 2.05) is 0 Å². The number of hydrogen-bond donors (Lipinski definition) is 3. The van der Waals surface area contributed by atoms with Gasteiger partial charge in [-0.3, -0.25) is 14.6 Å². The van der Waals surface area contributed by atoms with Crippen LogP contribution in [0.25, 0.3) is 0 Å². The van der Waals surface area contributed by atoms with Gasteiger partial charge in [0.1, 0.15) is 0 Å². The van der Waals surface area contributed by atoms with E-state index in [1.165, 1.54) is 6.20 Å². The molecule has 0 saturated carbocycles. The highest BCUT2D eigenvalue weighted by molar-refractivity contribution is 6.39. The van der Waals surface area contributed by atoms with E-state index in [0.29, 0.717) is 12.1 Å². The minimum atomic E-state index is -0.745. The molecule has 86 valence electrons. The van der Waals surface area contributed by atoms with Crippen LogP contribution in [0.15, 0.2) is 24.5 Å². The van der Waals surface area contributed by atoms with Crippen molar-refractivity contribution >= 4 is 17.5 Å². The monoisotopic (exact) mass is 223 g/mol. The summed E-state index contributed by atoms with van der Waals surface area (Å²) in [5, 5.41) is 13.3. The van der Waals surface area contributed by atoms with Crippen LogP contribution in [0.3, 0.4) is 0 Å². The molecule has 6 heteroatoms. The van der Waals surface area contributed by atoms with Gasteiger partial charge in [-0.05, 0) is 18.6 Å². The lowest BCUT2D eigenvalue weighted by Gasteiger charge is -2.04. The molecule has 2 amide bonds. The third-order valence-electron chi connectivity index (χ3n) is 1.75. The Morgan fingerprint density at radius 1 is 1.38 bits per heavy atom. The lowest BCUT2D eigenvalue weighted by atomic mass is 10.4. The van der Waals surface area contributed by atoms with Gasteiger partial charge in [-0.15, -0.1) is 0 Å². The fraction of sp³-hybridized carbons (Fsp3) is 0.300. The number of pyridine rings is 1. The Morgan fingerprint density at radius 3 is 2.81 bits per heavy atom. The van der Waals surface area contributed by atoms with Crippen LogP contribution >= 0.6 is 0 Å². The zero-order valence-corrected chi connectivity index (χ0v) is 8.64. The van der Waals surface area contributed by atoms with Crippen molar-refractivity contribution in [3.8, 4) is 0 Å². The summed E-state index contributed by atoms with van der Waals surface area (Å²) in [6.07, 6.45) is 3.43. The molecule has 3 N–H and O–H groups in total. The minimum absolute atomic E-state index is 0.0233. The number of carbonyl (C=O) groups excluding carboxylic acids is 2. The molecule has 0 radical (unpaired) electrons. The maximum atomic E-state index is 11.3. The molecule has 0 bridgehead atoms. The number of nitrogens with zero attached hydrogens (tertiary/aromatic N) is 1. The molecule has 1 aromatic heterocycles. The Bertz CT molecular complexity index is 354. The first-order chi connectivity index (χ1) is 7.74. The van der Waals surface area contributed by atoms with E-state index < -0.39 is 11.8 Å². The van der Waals surface area contributed by atoms with Gasteiger partial charge in [-0.25, -0.2) is 0 Å². The van der Waals surface area contributed by atoms with Crippen LogP contribution in [-0.2, 0) is 9.59 Å². The second kappa shape index (κ2) is 6.52. The SMILES string of the molecule is O=C(NCCCO)C(=O)Nc1cccnc1. The fourth-order valence-corrected chi connectivity index (χ4v) is 0.986. The van der Waals surface area contributed by atoms with E-state index in [4.69, 9.17) is 5.11 Å². The van der Waals surface area contributed by atoms with Gasteiger partial charge < -0.3 is 15.7 Å². The van der Waals surface area contributed by atoms with Gasteiger partial charge in [0.05, 0.1) is 11.9 Å². The molecule has 0 saturated heterocycles. The number of rotatable bonds is 4. The number of hydrogen-bond acceptors (Lipinski definition) is 4. The predicted molar refractivity (Wildman–Crippen MR) is 57.6 cm³/mol. The van der Waals surface area contributed by atoms with Gasteiger partial charge in [0.15, 0.2) is 0 Å². The number of anilines is 1. The standard InChI is InChI=1S/C10H13N3O3/c14-6-2-5-12-9(15)10(16)13-8-3-1-4-11-7-8/h1,3-4,7,14H,2,5-6H2,(H,12,15)(H,13,16). The van der Waals surface area contributed by atoms with Crippen molar-refractivity contribution in [3.05, 3.63) is 24.5 Å². The number of carbonyl (C=O) groups is 2. The van der Waals surface area contributed by atoms with Gasteiger partial charge in [0.2, 0.25) is 0 Å². The smallest absolute Gasteiger partial charge is 0.313 e. The maximum absolute atomic E-state index is 11.3. The lowest BCUT2D eigenvalue weighted by Crippen LogP contribution is -2.36. The second-order valence-electron chi connectivity index (χ2n) is 3.03. The fourth-order valence-electron chi connectivity index (χ4n) is 0.986. The van der Waals surface area contributed by atoms with Crippen molar-refractivity contribution in [1.29, 1.82) is 0 Å². The summed E-state index contributed by atoms with van der Waals surface area (Å²) >= 11 is 0. The Kier molecular flexibility index (Phi) is 4.94. The number of amides is 2. The van der Waals surface area contributed by atoms with Crippen LogP contribution in [-0.4, -0.2) is 35.1 Å². The van der Waals surface area contributed by atoms with Gasteiger partial charge in [0, 0.05) is 19.3 Å². The first kappa shape index (κ1) is 12.1.